The van der Waals surface area contributed by atoms with Gasteiger partial charge in [-0.15, -0.1) is 11.3 Å². The highest BCUT2D eigenvalue weighted by molar-refractivity contribution is 7.14. The molecular formula is C43H60N2O4S. The first-order valence-corrected chi connectivity index (χ1v) is 20.4. The van der Waals surface area contributed by atoms with E-state index in [1.807, 2.05) is 43.9 Å². The topological polar surface area (TPSA) is 89.9 Å². The lowest BCUT2D eigenvalue weighted by atomic mass is 9.49. The summed E-state index contributed by atoms with van der Waals surface area (Å²) in [5.41, 5.74) is 2.38. The number of carbonyl (C=O) groups is 2. The number of benzene rings is 1. The molecule has 0 spiro atoms. The number of thiophene rings is 1. The van der Waals surface area contributed by atoms with Crippen LogP contribution in [0.3, 0.4) is 0 Å². The van der Waals surface area contributed by atoms with Gasteiger partial charge in [-0.2, -0.15) is 0 Å². The number of fused-ring (bicyclic) bond motifs is 8. The summed E-state index contributed by atoms with van der Waals surface area (Å²) in [4.78, 5) is 32.3. The van der Waals surface area contributed by atoms with Crippen molar-refractivity contribution in [1.29, 1.82) is 0 Å². The number of ketones is 1. The van der Waals surface area contributed by atoms with Crippen molar-refractivity contribution in [2.75, 3.05) is 13.1 Å². The predicted octanol–water partition coefficient (Wildman–Crippen LogP) is 8.96. The average molecular weight is 701 g/mol. The molecule has 2 amide bonds. The van der Waals surface area contributed by atoms with Crippen LogP contribution >= 0.6 is 11.3 Å². The van der Waals surface area contributed by atoms with Crippen LogP contribution in [0.15, 0.2) is 42.0 Å². The molecule has 7 aliphatic rings. The van der Waals surface area contributed by atoms with Gasteiger partial charge in [0.15, 0.2) is 0 Å². The molecule has 4 unspecified atom stereocenters. The standard InChI is InChI=1S/C43H60N2O4S/c1-27(2)44-40(48)45(25-42-22-31-17-32(23-42)19-33(18-31)24-42)26-43(49)16-14-37-35-12-10-30(21-36(35)39(47)38-13-9-29(4)50-38)20-34(46)11-8-28(3)7-6-15-41(37,43)5/h7,9-10,12-13,21,27,31-34,37,46,49H,6,8,11,14-20,22-26H2,1-5H3,(H,44,48). The molecular weight excluding hydrogens is 641 g/mol. The van der Waals surface area contributed by atoms with Gasteiger partial charge in [0.2, 0.25) is 5.78 Å². The molecule has 2 aromatic rings. The number of amides is 2. The number of urea groups is 1. The number of carbonyl (C=O) groups excluding carboxylic acids is 2. The summed E-state index contributed by atoms with van der Waals surface area (Å²) in [6.45, 7) is 11.5. The molecule has 1 aromatic carbocycles. The third-order valence-corrected chi connectivity index (χ3v) is 14.7. The Hall–Kier alpha value is -2.48. The zero-order valence-electron chi connectivity index (χ0n) is 31.1. The Morgan fingerprint density at radius 1 is 0.980 bits per heavy atom. The molecule has 272 valence electrons. The van der Waals surface area contributed by atoms with Gasteiger partial charge in [-0.1, -0.05) is 30.7 Å². The fraction of sp³-hybridized carbons (Fsp3) is 0.674. The van der Waals surface area contributed by atoms with Crippen molar-refractivity contribution in [1.82, 2.24) is 10.2 Å². The zero-order chi connectivity index (χ0) is 35.4. The van der Waals surface area contributed by atoms with Gasteiger partial charge in [0, 0.05) is 28.4 Å². The summed E-state index contributed by atoms with van der Waals surface area (Å²) in [5, 5.41) is 27.4. The fourth-order valence-corrected chi connectivity index (χ4v) is 12.4. The Balaban J connectivity index is 1.27. The first-order valence-electron chi connectivity index (χ1n) is 19.6. The maximum Gasteiger partial charge on any atom is 0.317 e. The highest BCUT2D eigenvalue weighted by Gasteiger charge is 2.59. The number of rotatable bonds is 7. The van der Waals surface area contributed by atoms with E-state index in [-0.39, 0.29) is 29.2 Å². The SMILES string of the molecule is CC1=CCCC2(C)C(CCC2(O)CN(CC23CC4CC(CC(C4)C2)C3)C(=O)NC(C)C)c2ccc(cc2C(=O)c2ccc(C)s2)CC(O)CC1. The molecule has 4 atom stereocenters. The molecule has 0 saturated heterocycles. The molecule has 5 saturated carbocycles. The zero-order valence-corrected chi connectivity index (χ0v) is 31.9. The molecule has 1 aromatic heterocycles. The molecule has 0 aliphatic heterocycles. The van der Waals surface area contributed by atoms with E-state index in [2.05, 4.69) is 37.4 Å². The predicted molar refractivity (Wildman–Crippen MR) is 202 cm³/mol. The average Bonchev–Trinajstić information content (AvgIpc) is 3.58. The second-order valence-corrected chi connectivity index (χ2v) is 19.4. The van der Waals surface area contributed by atoms with Crippen LogP contribution in [-0.2, 0) is 6.42 Å². The van der Waals surface area contributed by atoms with Gasteiger partial charge < -0.3 is 20.4 Å². The third-order valence-electron chi connectivity index (χ3n) is 13.7. The molecule has 7 aliphatic carbocycles. The lowest BCUT2D eigenvalue weighted by molar-refractivity contribution is -0.0985. The molecule has 1 heterocycles. The van der Waals surface area contributed by atoms with Crippen molar-refractivity contribution in [3.8, 4) is 0 Å². The smallest absolute Gasteiger partial charge is 0.317 e. The Labute approximate surface area is 304 Å². The van der Waals surface area contributed by atoms with Crippen molar-refractivity contribution in [3.05, 3.63) is 68.4 Å². The minimum Gasteiger partial charge on any atom is -0.393 e. The van der Waals surface area contributed by atoms with E-state index in [1.165, 1.54) is 55.4 Å². The third kappa shape index (κ3) is 7.00. The van der Waals surface area contributed by atoms with Crippen LogP contribution in [0.5, 0.6) is 0 Å². The van der Waals surface area contributed by atoms with Crippen molar-refractivity contribution in [2.24, 2.45) is 28.6 Å². The summed E-state index contributed by atoms with van der Waals surface area (Å²) in [7, 11) is 0. The summed E-state index contributed by atoms with van der Waals surface area (Å²) in [5.74, 6) is 2.33. The number of hydrogen-bond acceptors (Lipinski definition) is 5. The minimum absolute atomic E-state index is 0.0110. The number of allylic oxidation sites excluding steroid dienone is 2. The molecule has 6 nitrogen and oxygen atoms in total. The Morgan fingerprint density at radius 3 is 2.32 bits per heavy atom. The maximum absolute atomic E-state index is 14.3. The van der Waals surface area contributed by atoms with Gasteiger partial charge in [0.25, 0.3) is 0 Å². The summed E-state index contributed by atoms with van der Waals surface area (Å²) >= 11 is 1.52. The highest BCUT2D eigenvalue weighted by atomic mass is 32.1. The van der Waals surface area contributed by atoms with Crippen LogP contribution in [-0.4, -0.2) is 57.8 Å². The van der Waals surface area contributed by atoms with Crippen molar-refractivity contribution < 1.29 is 19.8 Å². The van der Waals surface area contributed by atoms with Gasteiger partial charge in [0.05, 0.1) is 23.1 Å². The second-order valence-electron chi connectivity index (χ2n) is 18.1. The number of aliphatic hydroxyl groups is 2. The van der Waals surface area contributed by atoms with E-state index < -0.39 is 17.1 Å². The largest absolute Gasteiger partial charge is 0.393 e. The van der Waals surface area contributed by atoms with Crippen LogP contribution in [0.4, 0.5) is 4.79 Å². The van der Waals surface area contributed by atoms with Crippen LogP contribution in [0, 0.1) is 35.5 Å². The van der Waals surface area contributed by atoms with E-state index >= 15 is 0 Å². The van der Waals surface area contributed by atoms with Gasteiger partial charge in [-0.3, -0.25) is 4.79 Å². The molecule has 5 fully saturated rings. The second kappa shape index (κ2) is 13.8. The number of hydrogen-bond donors (Lipinski definition) is 3. The highest BCUT2D eigenvalue weighted by Crippen LogP contribution is 2.62. The van der Waals surface area contributed by atoms with Crippen LogP contribution in [0.25, 0.3) is 0 Å². The van der Waals surface area contributed by atoms with Crippen molar-refractivity contribution in [2.45, 2.75) is 142 Å². The quantitative estimate of drug-likeness (QED) is 0.199. The summed E-state index contributed by atoms with van der Waals surface area (Å²) in [6, 6.07) is 10.1. The van der Waals surface area contributed by atoms with E-state index in [0.717, 1.165) is 70.9 Å². The van der Waals surface area contributed by atoms with Crippen molar-refractivity contribution in [3.63, 3.8) is 0 Å². The lowest BCUT2D eigenvalue weighted by Gasteiger charge is -2.58. The summed E-state index contributed by atoms with van der Waals surface area (Å²) < 4.78 is 0. The van der Waals surface area contributed by atoms with Gasteiger partial charge >= 0.3 is 6.03 Å². The van der Waals surface area contributed by atoms with Crippen LogP contribution < -0.4 is 5.32 Å². The minimum atomic E-state index is -1.12. The number of nitrogens with zero attached hydrogens (tertiary/aromatic N) is 1. The molecule has 7 heteroatoms. The molecule has 9 rings (SSSR count). The number of nitrogens with one attached hydrogen (secondary N) is 1. The van der Waals surface area contributed by atoms with Gasteiger partial charge in [0.1, 0.15) is 0 Å². The van der Waals surface area contributed by atoms with E-state index in [1.54, 1.807) is 0 Å². The van der Waals surface area contributed by atoms with Gasteiger partial charge in [-0.25, -0.2) is 4.79 Å². The first kappa shape index (κ1) is 35.9. The van der Waals surface area contributed by atoms with E-state index in [4.69, 9.17) is 0 Å². The first-order chi connectivity index (χ1) is 23.7. The molecule has 3 N–H and O–H groups in total. The lowest BCUT2D eigenvalue weighted by Crippen LogP contribution is -2.59. The number of aryl methyl sites for hydroxylation is 1. The van der Waals surface area contributed by atoms with Crippen LogP contribution in [0.2, 0.25) is 0 Å². The Kier molecular flexibility index (Phi) is 9.92. The molecule has 6 bridgehead atoms. The fourth-order valence-electron chi connectivity index (χ4n) is 11.6. The number of aliphatic hydroxyl groups excluding tert-OH is 1. The molecule has 0 radical (unpaired) electrons. The van der Waals surface area contributed by atoms with Crippen molar-refractivity contribution >= 4 is 23.2 Å². The normalized spacial score (nSPS) is 35.1. The van der Waals surface area contributed by atoms with E-state index in [9.17, 15) is 19.8 Å². The van der Waals surface area contributed by atoms with Gasteiger partial charge in [-0.05, 0) is 170 Å². The van der Waals surface area contributed by atoms with Crippen LogP contribution in [0.1, 0.15) is 142 Å². The Morgan fingerprint density at radius 2 is 1.68 bits per heavy atom. The molecule has 50 heavy (non-hydrogen) atoms. The van der Waals surface area contributed by atoms with E-state index in [0.29, 0.717) is 31.4 Å². The maximum atomic E-state index is 14.3. The Bertz CT molecular complexity index is 1590. The summed E-state index contributed by atoms with van der Waals surface area (Å²) in [6.07, 6.45) is 14.4. The monoisotopic (exact) mass is 700 g/mol.